The van der Waals surface area contributed by atoms with E-state index < -0.39 is 0 Å². The van der Waals surface area contributed by atoms with E-state index in [1.54, 1.807) is 7.11 Å². The third kappa shape index (κ3) is 3.93. The van der Waals surface area contributed by atoms with Gasteiger partial charge in [-0.3, -0.25) is 4.79 Å². The van der Waals surface area contributed by atoms with Crippen LogP contribution in [0.2, 0.25) is 0 Å². The standard InChI is InChI=1S/C13H19NO2/c1-10(2)9-14-13(15)8-11-6-4-5-7-12(11)16-3/h4-7,10H,8-9H2,1-3H3,(H,14,15). The molecule has 1 amide bonds. The van der Waals surface area contributed by atoms with Crippen LogP contribution in [0.3, 0.4) is 0 Å². The first-order valence-corrected chi connectivity index (χ1v) is 5.52. The smallest absolute Gasteiger partial charge is 0.224 e. The number of hydrogen-bond acceptors (Lipinski definition) is 2. The Bertz CT molecular complexity index is 348. The summed E-state index contributed by atoms with van der Waals surface area (Å²) < 4.78 is 5.19. The van der Waals surface area contributed by atoms with Crippen LogP contribution in [0.5, 0.6) is 5.75 Å². The molecular formula is C13H19NO2. The minimum atomic E-state index is 0.0400. The van der Waals surface area contributed by atoms with Crippen LogP contribution in [0.1, 0.15) is 19.4 Å². The summed E-state index contributed by atoms with van der Waals surface area (Å²) in [6, 6.07) is 7.58. The summed E-state index contributed by atoms with van der Waals surface area (Å²) >= 11 is 0. The number of benzene rings is 1. The predicted molar refractivity (Wildman–Crippen MR) is 64.5 cm³/mol. The monoisotopic (exact) mass is 221 g/mol. The number of nitrogens with one attached hydrogen (secondary N) is 1. The first-order chi connectivity index (χ1) is 7.63. The fourth-order valence-corrected chi connectivity index (χ4v) is 1.40. The third-order valence-electron chi connectivity index (χ3n) is 2.25. The van der Waals surface area contributed by atoms with Crippen molar-refractivity contribution in [1.29, 1.82) is 0 Å². The first-order valence-electron chi connectivity index (χ1n) is 5.52. The first kappa shape index (κ1) is 12.6. The van der Waals surface area contributed by atoms with E-state index in [-0.39, 0.29) is 5.91 Å². The van der Waals surface area contributed by atoms with E-state index in [2.05, 4.69) is 19.2 Å². The molecule has 0 saturated carbocycles. The fourth-order valence-electron chi connectivity index (χ4n) is 1.40. The molecule has 1 aromatic rings. The molecule has 1 aromatic carbocycles. The number of hydrogen-bond donors (Lipinski definition) is 1. The van der Waals surface area contributed by atoms with Gasteiger partial charge in [0.2, 0.25) is 5.91 Å². The summed E-state index contributed by atoms with van der Waals surface area (Å²) in [5.41, 5.74) is 0.922. The highest BCUT2D eigenvalue weighted by Gasteiger charge is 2.07. The third-order valence-corrected chi connectivity index (χ3v) is 2.25. The minimum Gasteiger partial charge on any atom is -0.496 e. The average molecular weight is 221 g/mol. The maximum absolute atomic E-state index is 11.6. The van der Waals surface area contributed by atoms with E-state index in [1.165, 1.54) is 0 Å². The van der Waals surface area contributed by atoms with Crippen LogP contribution in [-0.4, -0.2) is 19.6 Å². The molecular weight excluding hydrogens is 202 g/mol. The minimum absolute atomic E-state index is 0.0400. The Labute approximate surface area is 96.8 Å². The lowest BCUT2D eigenvalue weighted by molar-refractivity contribution is -0.120. The molecule has 0 saturated heterocycles. The number of para-hydroxylation sites is 1. The molecule has 0 bridgehead atoms. The second-order valence-electron chi connectivity index (χ2n) is 4.19. The Hall–Kier alpha value is -1.51. The number of ether oxygens (including phenoxy) is 1. The van der Waals surface area contributed by atoms with Gasteiger partial charge in [0.05, 0.1) is 13.5 Å². The van der Waals surface area contributed by atoms with Gasteiger partial charge in [0, 0.05) is 12.1 Å². The summed E-state index contributed by atoms with van der Waals surface area (Å²) in [7, 11) is 1.62. The van der Waals surface area contributed by atoms with Crippen molar-refractivity contribution in [3.63, 3.8) is 0 Å². The van der Waals surface area contributed by atoms with Crippen molar-refractivity contribution in [3.8, 4) is 5.75 Å². The molecule has 0 atom stereocenters. The Morgan fingerprint density at radius 1 is 1.38 bits per heavy atom. The fraction of sp³-hybridized carbons (Fsp3) is 0.462. The van der Waals surface area contributed by atoms with Crippen molar-refractivity contribution in [3.05, 3.63) is 29.8 Å². The van der Waals surface area contributed by atoms with Crippen LogP contribution < -0.4 is 10.1 Å². The molecule has 0 spiro atoms. The number of methoxy groups -OCH3 is 1. The topological polar surface area (TPSA) is 38.3 Å². The van der Waals surface area contributed by atoms with Gasteiger partial charge in [-0.25, -0.2) is 0 Å². The second-order valence-corrected chi connectivity index (χ2v) is 4.19. The van der Waals surface area contributed by atoms with Crippen molar-refractivity contribution in [2.24, 2.45) is 5.92 Å². The highest BCUT2D eigenvalue weighted by molar-refractivity contribution is 5.79. The molecule has 0 heterocycles. The van der Waals surface area contributed by atoms with Crippen LogP contribution in [-0.2, 0) is 11.2 Å². The molecule has 0 aromatic heterocycles. The van der Waals surface area contributed by atoms with Crippen molar-refractivity contribution < 1.29 is 9.53 Å². The Morgan fingerprint density at radius 3 is 2.69 bits per heavy atom. The molecule has 0 unspecified atom stereocenters. The van der Waals surface area contributed by atoms with Gasteiger partial charge in [-0.1, -0.05) is 32.0 Å². The molecule has 0 aliphatic carbocycles. The van der Waals surface area contributed by atoms with Gasteiger partial charge in [0.25, 0.3) is 0 Å². The van der Waals surface area contributed by atoms with Crippen LogP contribution >= 0.6 is 0 Å². The number of rotatable bonds is 5. The van der Waals surface area contributed by atoms with Gasteiger partial charge in [0.15, 0.2) is 0 Å². The molecule has 88 valence electrons. The van der Waals surface area contributed by atoms with E-state index in [9.17, 15) is 4.79 Å². The van der Waals surface area contributed by atoms with Crippen LogP contribution in [0.15, 0.2) is 24.3 Å². The largest absolute Gasteiger partial charge is 0.496 e. The van der Waals surface area contributed by atoms with E-state index in [0.29, 0.717) is 18.9 Å². The predicted octanol–water partition coefficient (Wildman–Crippen LogP) is 2.01. The van der Waals surface area contributed by atoms with Gasteiger partial charge in [-0.2, -0.15) is 0 Å². The lowest BCUT2D eigenvalue weighted by Gasteiger charge is -2.10. The lowest BCUT2D eigenvalue weighted by Crippen LogP contribution is -2.28. The molecule has 3 heteroatoms. The van der Waals surface area contributed by atoms with E-state index >= 15 is 0 Å². The van der Waals surface area contributed by atoms with Crippen molar-refractivity contribution in [2.45, 2.75) is 20.3 Å². The molecule has 1 N–H and O–H groups in total. The quantitative estimate of drug-likeness (QED) is 0.826. The van der Waals surface area contributed by atoms with E-state index in [4.69, 9.17) is 4.74 Å². The summed E-state index contributed by atoms with van der Waals surface area (Å²) in [6.07, 6.45) is 0.372. The molecule has 16 heavy (non-hydrogen) atoms. The lowest BCUT2D eigenvalue weighted by atomic mass is 10.1. The Kier molecular flexibility index (Phi) is 4.83. The van der Waals surface area contributed by atoms with E-state index in [1.807, 2.05) is 24.3 Å². The number of carbonyl (C=O) groups excluding carboxylic acids is 1. The zero-order valence-corrected chi connectivity index (χ0v) is 10.1. The highest BCUT2D eigenvalue weighted by Crippen LogP contribution is 2.17. The maximum atomic E-state index is 11.6. The van der Waals surface area contributed by atoms with Crippen LogP contribution in [0.25, 0.3) is 0 Å². The molecule has 0 fully saturated rings. The molecule has 0 aliphatic heterocycles. The van der Waals surface area contributed by atoms with Crippen molar-refractivity contribution in [2.75, 3.05) is 13.7 Å². The SMILES string of the molecule is COc1ccccc1CC(=O)NCC(C)C. The van der Waals surface area contributed by atoms with Crippen molar-refractivity contribution in [1.82, 2.24) is 5.32 Å². The normalized spacial score (nSPS) is 10.2. The Morgan fingerprint density at radius 2 is 2.06 bits per heavy atom. The molecule has 0 radical (unpaired) electrons. The molecule has 0 aliphatic rings. The zero-order chi connectivity index (χ0) is 12.0. The van der Waals surface area contributed by atoms with Gasteiger partial charge in [-0.05, 0) is 12.0 Å². The van der Waals surface area contributed by atoms with E-state index in [0.717, 1.165) is 11.3 Å². The average Bonchev–Trinajstić information content (AvgIpc) is 2.27. The maximum Gasteiger partial charge on any atom is 0.224 e. The van der Waals surface area contributed by atoms with Crippen molar-refractivity contribution >= 4 is 5.91 Å². The van der Waals surface area contributed by atoms with Gasteiger partial charge in [-0.15, -0.1) is 0 Å². The van der Waals surface area contributed by atoms with Gasteiger partial charge in [0.1, 0.15) is 5.75 Å². The van der Waals surface area contributed by atoms with Gasteiger partial charge >= 0.3 is 0 Å². The zero-order valence-electron chi connectivity index (χ0n) is 10.1. The number of carbonyl (C=O) groups is 1. The Balaban J connectivity index is 2.55. The van der Waals surface area contributed by atoms with Crippen LogP contribution in [0, 0.1) is 5.92 Å². The summed E-state index contributed by atoms with van der Waals surface area (Å²) in [5.74, 6) is 1.28. The summed E-state index contributed by atoms with van der Waals surface area (Å²) in [4.78, 5) is 11.6. The van der Waals surface area contributed by atoms with Gasteiger partial charge < -0.3 is 10.1 Å². The summed E-state index contributed by atoms with van der Waals surface area (Å²) in [6.45, 7) is 4.86. The second kappa shape index (κ2) is 6.16. The summed E-state index contributed by atoms with van der Waals surface area (Å²) in [5, 5.41) is 2.89. The highest BCUT2D eigenvalue weighted by atomic mass is 16.5. The molecule has 1 rings (SSSR count). The molecule has 3 nitrogen and oxygen atoms in total. The van der Waals surface area contributed by atoms with Crippen LogP contribution in [0.4, 0.5) is 0 Å². The number of amides is 1.